The molecule has 2 nitrogen and oxygen atoms in total. The average molecular weight is 262 g/mol. The lowest BCUT2D eigenvalue weighted by Crippen LogP contribution is -2.00. The molecule has 2 N–H and O–H groups in total. The Morgan fingerprint density at radius 1 is 1.11 bits per heavy atom. The van der Waals surface area contributed by atoms with Crippen LogP contribution >= 0.6 is 11.6 Å². The van der Waals surface area contributed by atoms with Crippen molar-refractivity contribution in [2.75, 3.05) is 6.61 Å². The lowest BCUT2D eigenvalue weighted by Gasteiger charge is -2.13. The van der Waals surface area contributed by atoms with Crippen LogP contribution in [0.3, 0.4) is 0 Å². The molecule has 0 amide bonds. The van der Waals surface area contributed by atoms with Crippen molar-refractivity contribution in [2.24, 2.45) is 5.73 Å². The third-order valence-corrected chi connectivity index (χ3v) is 3.00. The standard InChI is InChI=1S/C15H16ClNO/c1-2-18-15-6-4-3-5-13(15)14-9-12(16)8-7-11(14)10-17/h3-9H,2,10,17H2,1H3. The van der Waals surface area contributed by atoms with Gasteiger partial charge in [-0.2, -0.15) is 0 Å². The first-order valence-electron chi connectivity index (χ1n) is 5.97. The highest BCUT2D eigenvalue weighted by Gasteiger charge is 2.10. The van der Waals surface area contributed by atoms with E-state index in [1.165, 1.54) is 0 Å². The highest BCUT2D eigenvalue weighted by Crippen LogP contribution is 2.33. The van der Waals surface area contributed by atoms with Crippen LogP contribution in [0.2, 0.25) is 5.02 Å². The van der Waals surface area contributed by atoms with Crippen LogP contribution < -0.4 is 10.5 Å². The van der Waals surface area contributed by atoms with Gasteiger partial charge in [0.2, 0.25) is 0 Å². The monoisotopic (exact) mass is 261 g/mol. The number of para-hydroxylation sites is 1. The summed E-state index contributed by atoms with van der Waals surface area (Å²) in [5, 5.41) is 0.702. The van der Waals surface area contributed by atoms with Crippen molar-refractivity contribution >= 4 is 11.6 Å². The minimum atomic E-state index is 0.479. The molecule has 18 heavy (non-hydrogen) atoms. The van der Waals surface area contributed by atoms with Crippen LogP contribution in [0.1, 0.15) is 12.5 Å². The van der Waals surface area contributed by atoms with Crippen molar-refractivity contribution in [3.05, 3.63) is 53.1 Å². The smallest absolute Gasteiger partial charge is 0.127 e. The maximum absolute atomic E-state index is 6.07. The number of hydrogen-bond acceptors (Lipinski definition) is 2. The molecule has 0 fully saturated rings. The van der Waals surface area contributed by atoms with E-state index in [1.807, 2.05) is 49.4 Å². The first kappa shape index (κ1) is 12.9. The van der Waals surface area contributed by atoms with Gasteiger partial charge in [0.05, 0.1) is 6.61 Å². The Bertz CT molecular complexity index is 540. The van der Waals surface area contributed by atoms with Crippen molar-refractivity contribution in [1.29, 1.82) is 0 Å². The van der Waals surface area contributed by atoms with Gasteiger partial charge in [0.25, 0.3) is 0 Å². The van der Waals surface area contributed by atoms with E-state index in [4.69, 9.17) is 22.1 Å². The van der Waals surface area contributed by atoms with Gasteiger partial charge in [0.1, 0.15) is 5.75 Å². The van der Waals surface area contributed by atoms with E-state index >= 15 is 0 Å². The fraction of sp³-hybridized carbons (Fsp3) is 0.200. The molecule has 0 atom stereocenters. The van der Waals surface area contributed by atoms with E-state index in [0.717, 1.165) is 22.4 Å². The molecule has 0 radical (unpaired) electrons. The lowest BCUT2D eigenvalue weighted by molar-refractivity contribution is 0.341. The molecule has 0 saturated heterocycles. The normalized spacial score (nSPS) is 10.4. The highest BCUT2D eigenvalue weighted by molar-refractivity contribution is 6.30. The van der Waals surface area contributed by atoms with Crippen LogP contribution in [-0.2, 0) is 6.54 Å². The van der Waals surface area contributed by atoms with Crippen molar-refractivity contribution in [2.45, 2.75) is 13.5 Å². The van der Waals surface area contributed by atoms with Crippen LogP contribution in [0.25, 0.3) is 11.1 Å². The molecule has 3 heteroatoms. The molecule has 2 rings (SSSR count). The predicted octanol–water partition coefficient (Wildman–Crippen LogP) is 3.86. The number of benzene rings is 2. The summed E-state index contributed by atoms with van der Waals surface area (Å²) in [6.45, 7) is 3.08. The van der Waals surface area contributed by atoms with Gasteiger partial charge >= 0.3 is 0 Å². The third-order valence-electron chi connectivity index (χ3n) is 2.77. The summed E-state index contributed by atoms with van der Waals surface area (Å²) >= 11 is 6.07. The zero-order valence-electron chi connectivity index (χ0n) is 10.3. The fourth-order valence-electron chi connectivity index (χ4n) is 1.95. The van der Waals surface area contributed by atoms with Gasteiger partial charge in [-0.3, -0.25) is 0 Å². The summed E-state index contributed by atoms with van der Waals surface area (Å²) in [4.78, 5) is 0. The van der Waals surface area contributed by atoms with E-state index in [2.05, 4.69) is 0 Å². The summed E-state index contributed by atoms with van der Waals surface area (Å²) in [6.07, 6.45) is 0. The molecule has 0 aliphatic heterocycles. The number of rotatable bonds is 4. The van der Waals surface area contributed by atoms with Crippen molar-refractivity contribution in [3.8, 4) is 16.9 Å². The lowest BCUT2D eigenvalue weighted by atomic mass is 9.99. The SMILES string of the molecule is CCOc1ccccc1-c1cc(Cl)ccc1CN. The number of hydrogen-bond donors (Lipinski definition) is 1. The van der Waals surface area contributed by atoms with Crippen molar-refractivity contribution in [1.82, 2.24) is 0 Å². The third kappa shape index (κ3) is 2.66. The number of ether oxygens (including phenoxy) is 1. The summed E-state index contributed by atoms with van der Waals surface area (Å²) in [7, 11) is 0. The zero-order valence-corrected chi connectivity index (χ0v) is 11.1. The van der Waals surface area contributed by atoms with Crippen LogP contribution in [0, 0.1) is 0 Å². The highest BCUT2D eigenvalue weighted by atomic mass is 35.5. The first-order valence-corrected chi connectivity index (χ1v) is 6.34. The molecule has 94 valence electrons. The molecule has 0 aliphatic rings. The quantitative estimate of drug-likeness (QED) is 0.907. The van der Waals surface area contributed by atoms with Gasteiger partial charge in [-0.15, -0.1) is 0 Å². The van der Waals surface area contributed by atoms with Gasteiger partial charge in [0, 0.05) is 17.1 Å². The van der Waals surface area contributed by atoms with E-state index in [0.29, 0.717) is 18.2 Å². The second kappa shape index (κ2) is 5.89. The Hall–Kier alpha value is -1.51. The summed E-state index contributed by atoms with van der Waals surface area (Å²) in [6, 6.07) is 13.7. The Balaban J connectivity index is 2.57. The molecule has 0 heterocycles. The minimum absolute atomic E-state index is 0.479. The maximum Gasteiger partial charge on any atom is 0.127 e. The molecule has 0 unspecified atom stereocenters. The Morgan fingerprint density at radius 3 is 2.61 bits per heavy atom. The molecular formula is C15H16ClNO. The zero-order chi connectivity index (χ0) is 13.0. The molecule has 0 aromatic heterocycles. The van der Waals surface area contributed by atoms with Gasteiger partial charge in [-0.25, -0.2) is 0 Å². The predicted molar refractivity (Wildman–Crippen MR) is 75.9 cm³/mol. The van der Waals surface area contributed by atoms with Crippen molar-refractivity contribution in [3.63, 3.8) is 0 Å². The van der Waals surface area contributed by atoms with Gasteiger partial charge in [-0.05, 0) is 36.2 Å². The average Bonchev–Trinajstić information content (AvgIpc) is 2.40. The number of halogens is 1. The molecule has 0 spiro atoms. The molecule has 0 saturated carbocycles. The van der Waals surface area contributed by atoms with Crippen LogP contribution in [-0.4, -0.2) is 6.61 Å². The molecule has 2 aromatic carbocycles. The van der Waals surface area contributed by atoms with Gasteiger partial charge < -0.3 is 10.5 Å². The van der Waals surface area contributed by atoms with Gasteiger partial charge in [0.15, 0.2) is 0 Å². The Labute approximate surface area is 112 Å². The van der Waals surface area contributed by atoms with Crippen LogP contribution in [0.4, 0.5) is 0 Å². The van der Waals surface area contributed by atoms with E-state index in [1.54, 1.807) is 0 Å². The topological polar surface area (TPSA) is 35.2 Å². The van der Waals surface area contributed by atoms with Crippen molar-refractivity contribution < 1.29 is 4.74 Å². The first-order chi connectivity index (χ1) is 8.76. The van der Waals surface area contributed by atoms with E-state index in [9.17, 15) is 0 Å². The van der Waals surface area contributed by atoms with E-state index < -0.39 is 0 Å². The molecule has 2 aromatic rings. The Morgan fingerprint density at radius 2 is 1.89 bits per heavy atom. The van der Waals surface area contributed by atoms with Crippen LogP contribution in [0.5, 0.6) is 5.75 Å². The van der Waals surface area contributed by atoms with E-state index in [-0.39, 0.29) is 0 Å². The molecule has 0 bridgehead atoms. The minimum Gasteiger partial charge on any atom is -0.493 e. The maximum atomic E-state index is 6.07. The number of nitrogens with two attached hydrogens (primary N) is 1. The summed E-state index contributed by atoms with van der Waals surface area (Å²) in [5.74, 6) is 0.858. The second-order valence-corrected chi connectivity index (χ2v) is 4.37. The molecular weight excluding hydrogens is 246 g/mol. The van der Waals surface area contributed by atoms with Crippen LogP contribution in [0.15, 0.2) is 42.5 Å². The van der Waals surface area contributed by atoms with Gasteiger partial charge in [-0.1, -0.05) is 35.9 Å². The Kier molecular flexibility index (Phi) is 4.24. The fourth-order valence-corrected chi connectivity index (χ4v) is 2.12. The molecule has 0 aliphatic carbocycles. The summed E-state index contributed by atoms with van der Waals surface area (Å²) in [5.41, 5.74) is 8.91. The largest absolute Gasteiger partial charge is 0.493 e. The summed E-state index contributed by atoms with van der Waals surface area (Å²) < 4.78 is 5.65. The second-order valence-electron chi connectivity index (χ2n) is 3.93.